The first-order chi connectivity index (χ1) is 39.9. The lowest BCUT2D eigenvalue weighted by Crippen LogP contribution is -2.68. The minimum Gasteiger partial charge on any atom is -0.394 e. The first kappa shape index (κ1) is 69.8. The quantitative estimate of drug-likeness (QED) is 0.0854. The molecule has 21 aliphatic heterocycles. The molecule has 85 heavy (non-hydrogen) atoms. The fourth-order valence-corrected chi connectivity index (χ4v) is 11.4. The van der Waals surface area contributed by atoms with Gasteiger partial charge >= 0.3 is 15.6 Å². The zero-order chi connectivity index (χ0) is 62.5. The van der Waals surface area contributed by atoms with Gasteiger partial charge in [-0.2, -0.15) is 0 Å². The van der Waals surface area contributed by atoms with Crippen molar-refractivity contribution in [1.29, 1.82) is 0 Å². The Hall–Kier alpha value is -1.10. The van der Waals surface area contributed by atoms with Gasteiger partial charge in [0.25, 0.3) is 0 Å². The zero-order valence-corrected chi connectivity index (χ0v) is 45.5. The molecular weight excluding hydrogens is 1220 g/mol. The van der Waals surface area contributed by atoms with Crippen LogP contribution < -0.4 is 0 Å². The number of ether oxygens (including phenoxy) is 14. The van der Waals surface area contributed by atoms with Gasteiger partial charge in [0.1, 0.15) is 171 Å². The van der Waals surface area contributed by atoms with E-state index in [1.165, 1.54) is 0 Å². The summed E-state index contributed by atoms with van der Waals surface area (Å²) >= 11 is 0. The molecule has 0 aromatic heterocycles. The van der Waals surface area contributed by atoms with Crippen LogP contribution in [0.15, 0.2) is 0 Å². The predicted octanol–water partition coefficient (Wildman–Crippen LogP) is -15.0. The van der Waals surface area contributed by atoms with Gasteiger partial charge in [0, 0.05) is 0 Å². The molecule has 14 bridgehead atoms. The molecule has 43 heteroatoms. The second-order valence-corrected chi connectivity index (χ2v) is 23.3. The van der Waals surface area contributed by atoms with E-state index in [2.05, 4.69) is 9.05 Å². The topological polar surface area (TPSA) is 647 Å². The maximum atomic E-state index is 11.9. The van der Waals surface area contributed by atoms with Crippen molar-refractivity contribution in [2.24, 2.45) is 0 Å². The van der Waals surface area contributed by atoms with E-state index in [0.29, 0.717) is 0 Å². The number of rotatable bonds is 11. The molecule has 21 heterocycles. The van der Waals surface area contributed by atoms with Crippen molar-refractivity contribution in [3.05, 3.63) is 0 Å². The SMILES string of the molecule is O=P(O)(O)OC[C@H]1O[C@@H]2O[C@H]3[C@H](O)[C@@H](O)[C@@H](O[C@H]4[C@H](O)[C@@H](O)[C@@H](O[C@H]5[C@H](O)[C@@H](O)[C@@H](O[C@H]6[C@H](O)[C@@H](O)[C@@H](O[C@H]7[C@H](O)[C@H](O)[C@@H](O[C@H]8[C@H](O)[C@H](O)[C@@H](O[C@H]1[C@H](O)[C@H]2O)O[C@@H]8CO)O[C@@H]7CO)O[C@@H]6COP(=O)(O)O)O[C@@H]5CO)O[C@@H]4CO)O[C@@H]3CO. The first-order valence-electron chi connectivity index (χ1n) is 26.1. The van der Waals surface area contributed by atoms with E-state index >= 15 is 0 Å². The smallest absolute Gasteiger partial charge is 0.394 e. The van der Waals surface area contributed by atoms with Crippen LogP contribution >= 0.6 is 15.6 Å². The molecule has 41 nitrogen and oxygen atoms in total. The van der Waals surface area contributed by atoms with E-state index < -0.39 is 277 Å². The third-order valence-electron chi connectivity index (χ3n) is 15.2. The number of phosphoric acid groups is 2. The molecule has 23 N–H and O–H groups in total. The molecule has 35 atom stereocenters. The molecule has 0 aliphatic carbocycles. The van der Waals surface area contributed by atoms with Gasteiger partial charge in [0.15, 0.2) is 44.0 Å². The average Bonchev–Trinajstić information content (AvgIpc) is 2.76. The van der Waals surface area contributed by atoms with Crippen molar-refractivity contribution >= 4 is 15.6 Å². The number of phosphoric ester groups is 2. The summed E-state index contributed by atoms with van der Waals surface area (Å²) in [6, 6.07) is 0. The van der Waals surface area contributed by atoms with Crippen molar-refractivity contribution in [2.75, 3.05) is 46.2 Å². The fourth-order valence-electron chi connectivity index (χ4n) is 10.7. The molecule has 21 rings (SSSR count). The number of hydrogen-bond acceptors (Lipinski definition) is 37. The highest BCUT2D eigenvalue weighted by Gasteiger charge is 2.60. The summed E-state index contributed by atoms with van der Waals surface area (Å²) in [5.41, 5.74) is 0. The molecule has 0 saturated carbocycles. The average molecular weight is 1290 g/mol. The number of aliphatic hydroxyl groups excluding tert-OH is 19. The van der Waals surface area contributed by atoms with E-state index in [1.807, 2.05) is 0 Å². The Labute approximate surface area is 477 Å². The molecule has 21 aliphatic rings. The van der Waals surface area contributed by atoms with E-state index in [4.69, 9.17) is 66.3 Å². The normalized spacial score (nSPS) is 51.7. The van der Waals surface area contributed by atoms with E-state index in [1.54, 1.807) is 0 Å². The summed E-state index contributed by atoms with van der Waals surface area (Å²) in [5, 5.41) is 212. The Morgan fingerprint density at radius 3 is 0.518 bits per heavy atom. The lowest BCUT2D eigenvalue weighted by Gasteiger charge is -2.50. The minimum atomic E-state index is -5.45. The largest absolute Gasteiger partial charge is 0.469 e. The van der Waals surface area contributed by atoms with Gasteiger partial charge in [-0.15, -0.1) is 0 Å². The molecular formula is C42H72O41P2. The van der Waals surface area contributed by atoms with Crippen LogP contribution in [0, 0.1) is 0 Å². The van der Waals surface area contributed by atoms with Crippen molar-refractivity contribution in [1.82, 2.24) is 0 Å². The first-order valence-corrected chi connectivity index (χ1v) is 29.2. The van der Waals surface area contributed by atoms with Crippen LogP contribution in [0.3, 0.4) is 0 Å². The van der Waals surface area contributed by atoms with Crippen molar-refractivity contribution < 1.29 is 201 Å². The highest BCUT2D eigenvalue weighted by atomic mass is 31.2. The van der Waals surface area contributed by atoms with Crippen LogP contribution in [0.2, 0.25) is 0 Å². The standard InChI is InChI=1S/C42H72O41P2/c43-1-8-29-15(48)22(55)36(70-8)78-30-9(2-44)73-39(25(58)18(30)51)82-34-13(6-68-84(62,63)64)76-42(28(61)21(34)54)81-33-12(5-47)72-38(24(57)17(33)50)79-31-10(3-45)74-40(26(59)19(31)52)83-35-14(7-69-85(65,66)67)75-41(27(60)20(35)53)80-32-11(4-46)71-37(77-29)23(56)16(32)49/h8-61H,1-7H2,(H2,62,63,64)(H2,65,66,67)/t8-,9-,10-,11-,12-,13-,14-,15-,16-,17-,18-,19-,20-,21-,22-,23-,24+,25-,26+,27-,28-,29-,30-,31-,32-,33-,34-,35-,36-,37-,38-,39-,40-,41-,42-/m1/s1. The van der Waals surface area contributed by atoms with Crippen molar-refractivity contribution in [3.8, 4) is 0 Å². The van der Waals surface area contributed by atoms with Crippen LogP contribution in [-0.4, -0.2) is 378 Å². The van der Waals surface area contributed by atoms with Crippen LogP contribution in [0.4, 0.5) is 0 Å². The molecule has 21 fully saturated rings. The van der Waals surface area contributed by atoms with Gasteiger partial charge < -0.3 is 183 Å². The van der Waals surface area contributed by atoms with E-state index in [-0.39, 0.29) is 0 Å². The van der Waals surface area contributed by atoms with Gasteiger partial charge in [0.05, 0.1) is 46.2 Å². The molecule has 0 aromatic rings. The summed E-state index contributed by atoms with van der Waals surface area (Å²) in [4.78, 5) is 38.3. The summed E-state index contributed by atoms with van der Waals surface area (Å²) < 4.78 is 112. The zero-order valence-electron chi connectivity index (χ0n) is 43.7. The Morgan fingerprint density at radius 2 is 0.376 bits per heavy atom. The number of aliphatic hydroxyl groups is 19. The van der Waals surface area contributed by atoms with Gasteiger partial charge in [-0.25, -0.2) is 9.13 Å². The Balaban J connectivity index is 1.11. The molecule has 0 spiro atoms. The summed E-state index contributed by atoms with van der Waals surface area (Å²) in [5.74, 6) is 0. The molecule has 496 valence electrons. The van der Waals surface area contributed by atoms with Gasteiger partial charge in [0.2, 0.25) is 0 Å². The highest BCUT2D eigenvalue weighted by Crippen LogP contribution is 2.42. The van der Waals surface area contributed by atoms with Gasteiger partial charge in [-0.3, -0.25) is 9.05 Å². The second kappa shape index (κ2) is 28.8. The maximum absolute atomic E-state index is 11.9. The third kappa shape index (κ3) is 15.2. The van der Waals surface area contributed by atoms with Crippen molar-refractivity contribution in [3.63, 3.8) is 0 Å². The molecule has 0 radical (unpaired) electrons. The molecule has 0 unspecified atom stereocenters. The highest BCUT2D eigenvalue weighted by molar-refractivity contribution is 7.46. The van der Waals surface area contributed by atoms with Crippen LogP contribution in [0.25, 0.3) is 0 Å². The molecule has 0 aromatic carbocycles. The number of hydrogen-bond donors (Lipinski definition) is 23. The Kier molecular flexibility index (Phi) is 23.7. The van der Waals surface area contributed by atoms with Crippen molar-refractivity contribution in [2.45, 2.75) is 215 Å². The second-order valence-electron chi connectivity index (χ2n) is 20.9. The summed E-state index contributed by atoms with van der Waals surface area (Å²) in [6.45, 7) is -8.32. The summed E-state index contributed by atoms with van der Waals surface area (Å²) in [7, 11) is -10.9. The maximum Gasteiger partial charge on any atom is 0.469 e. The fraction of sp³-hybridized carbons (Fsp3) is 1.00. The van der Waals surface area contributed by atoms with Gasteiger partial charge in [-0.05, 0) is 0 Å². The van der Waals surface area contributed by atoms with Crippen LogP contribution in [0.5, 0.6) is 0 Å². The monoisotopic (exact) mass is 1290 g/mol. The van der Waals surface area contributed by atoms with Crippen LogP contribution in [0.1, 0.15) is 0 Å². The lowest BCUT2D eigenvalue weighted by molar-refractivity contribution is -0.396. The third-order valence-corrected chi connectivity index (χ3v) is 16.2. The van der Waals surface area contributed by atoms with E-state index in [9.17, 15) is 126 Å². The van der Waals surface area contributed by atoms with Crippen LogP contribution in [-0.2, 0) is 84.5 Å². The minimum absolute atomic E-state index is 1.13. The van der Waals surface area contributed by atoms with Gasteiger partial charge in [-0.1, -0.05) is 0 Å². The Morgan fingerprint density at radius 1 is 0.235 bits per heavy atom. The summed E-state index contributed by atoms with van der Waals surface area (Å²) in [6.07, 6.45) is -76.1. The molecule has 0 amide bonds. The molecule has 21 saturated heterocycles. The Bertz CT molecular complexity index is 2170. The van der Waals surface area contributed by atoms with E-state index in [0.717, 1.165) is 0 Å². The predicted molar refractivity (Wildman–Crippen MR) is 250 cm³/mol. The lowest BCUT2D eigenvalue weighted by atomic mass is 9.95.